The van der Waals surface area contributed by atoms with Crippen LogP contribution in [0, 0.1) is 13.8 Å². The van der Waals surface area contributed by atoms with Gasteiger partial charge in [0.2, 0.25) is 0 Å². The molecule has 1 unspecified atom stereocenters. The highest BCUT2D eigenvalue weighted by Crippen LogP contribution is 2.16. The highest BCUT2D eigenvalue weighted by molar-refractivity contribution is 9.09. The molecule has 0 N–H and O–H groups in total. The summed E-state index contributed by atoms with van der Waals surface area (Å²) in [6.45, 7) is 4.24. The van der Waals surface area contributed by atoms with Crippen LogP contribution in [0.4, 0.5) is 0 Å². The maximum Gasteiger partial charge on any atom is 0.0473 e. The summed E-state index contributed by atoms with van der Waals surface area (Å²) in [5, 5.41) is 1.04. The number of rotatable bonds is 3. The van der Waals surface area contributed by atoms with Gasteiger partial charge in [-0.3, -0.25) is 0 Å². The van der Waals surface area contributed by atoms with Gasteiger partial charge in [0.15, 0.2) is 0 Å². The van der Waals surface area contributed by atoms with Gasteiger partial charge in [-0.25, -0.2) is 0 Å². The van der Waals surface area contributed by atoms with Gasteiger partial charge in [-0.1, -0.05) is 39.7 Å². The van der Waals surface area contributed by atoms with Gasteiger partial charge in [0, 0.05) is 10.7 Å². The zero-order valence-corrected chi connectivity index (χ0v) is 10.3. The van der Waals surface area contributed by atoms with E-state index in [1.165, 1.54) is 16.7 Å². The fourth-order valence-corrected chi connectivity index (χ4v) is 1.71. The second-order valence-corrected chi connectivity index (χ2v) is 4.65. The van der Waals surface area contributed by atoms with E-state index < -0.39 is 0 Å². The van der Waals surface area contributed by atoms with E-state index in [0.717, 1.165) is 11.8 Å². The Bertz CT molecular complexity index is 283. The summed E-state index contributed by atoms with van der Waals surface area (Å²) in [6.07, 6.45) is 0.945. The molecule has 0 aliphatic carbocycles. The average molecular weight is 262 g/mol. The minimum atomic E-state index is 0.195. The molecular formula is C11H14BrCl. The number of benzene rings is 1. The van der Waals surface area contributed by atoms with E-state index in [1.807, 2.05) is 0 Å². The zero-order chi connectivity index (χ0) is 9.84. The van der Waals surface area contributed by atoms with Crippen LogP contribution in [0.25, 0.3) is 0 Å². The molecule has 0 spiro atoms. The summed E-state index contributed by atoms with van der Waals surface area (Å²) in [5.41, 5.74) is 4.00. The Morgan fingerprint density at radius 1 is 1.38 bits per heavy atom. The van der Waals surface area contributed by atoms with Gasteiger partial charge in [0.05, 0.1) is 0 Å². The molecule has 0 fully saturated rings. The van der Waals surface area contributed by atoms with Crippen LogP contribution in [-0.4, -0.2) is 10.7 Å². The maximum atomic E-state index is 6.08. The average Bonchev–Trinajstić information content (AvgIpc) is 2.11. The van der Waals surface area contributed by atoms with Crippen molar-refractivity contribution in [3.05, 3.63) is 34.9 Å². The van der Waals surface area contributed by atoms with Gasteiger partial charge >= 0.3 is 0 Å². The monoisotopic (exact) mass is 260 g/mol. The van der Waals surface area contributed by atoms with Gasteiger partial charge in [0.25, 0.3) is 0 Å². The number of hydrogen-bond acceptors (Lipinski definition) is 0. The lowest BCUT2D eigenvalue weighted by Crippen LogP contribution is -2.05. The Labute approximate surface area is 93.4 Å². The molecule has 0 aliphatic heterocycles. The van der Waals surface area contributed by atoms with Crippen LogP contribution in [0.2, 0.25) is 0 Å². The summed E-state index contributed by atoms with van der Waals surface area (Å²) in [6, 6.07) is 6.51. The van der Waals surface area contributed by atoms with Gasteiger partial charge in [0.1, 0.15) is 0 Å². The van der Waals surface area contributed by atoms with E-state index in [0.29, 0.717) is 0 Å². The molecule has 0 nitrogen and oxygen atoms in total. The standard InChI is InChI=1S/C11H14BrCl/c1-8-3-4-9(2)10(5-8)6-11(13)7-12/h3-5,11H,6-7H2,1-2H3. The molecule has 0 aromatic heterocycles. The van der Waals surface area contributed by atoms with Crippen molar-refractivity contribution in [3.8, 4) is 0 Å². The van der Waals surface area contributed by atoms with Crippen molar-refractivity contribution in [2.45, 2.75) is 25.6 Å². The SMILES string of the molecule is Cc1ccc(C)c(CC(Cl)CBr)c1. The van der Waals surface area contributed by atoms with Crippen LogP contribution in [0.5, 0.6) is 0 Å². The lowest BCUT2D eigenvalue weighted by atomic mass is 10.0. The molecule has 72 valence electrons. The van der Waals surface area contributed by atoms with Crippen molar-refractivity contribution < 1.29 is 0 Å². The molecule has 2 heteroatoms. The molecule has 0 bridgehead atoms. The smallest absolute Gasteiger partial charge is 0.0473 e. The van der Waals surface area contributed by atoms with Crippen LogP contribution in [0.3, 0.4) is 0 Å². The number of halogens is 2. The molecule has 0 aliphatic rings. The molecule has 0 saturated heterocycles. The number of alkyl halides is 2. The Balaban J connectivity index is 2.81. The fourth-order valence-electron chi connectivity index (χ4n) is 1.31. The maximum absolute atomic E-state index is 6.08. The molecule has 1 rings (SSSR count). The topological polar surface area (TPSA) is 0 Å². The van der Waals surface area contributed by atoms with E-state index >= 15 is 0 Å². The molecule has 1 aromatic carbocycles. The lowest BCUT2D eigenvalue weighted by Gasteiger charge is -2.09. The lowest BCUT2D eigenvalue weighted by molar-refractivity contribution is 0.936. The van der Waals surface area contributed by atoms with Gasteiger partial charge < -0.3 is 0 Å². The van der Waals surface area contributed by atoms with Crippen LogP contribution < -0.4 is 0 Å². The first-order chi connectivity index (χ1) is 6.13. The quantitative estimate of drug-likeness (QED) is 0.725. The first-order valence-corrected chi connectivity index (χ1v) is 5.95. The number of hydrogen-bond donors (Lipinski definition) is 0. The van der Waals surface area contributed by atoms with Crippen LogP contribution in [0.15, 0.2) is 18.2 Å². The van der Waals surface area contributed by atoms with Gasteiger partial charge in [-0.05, 0) is 31.4 Å². The molecular weight excluding hydrogens is 247 g/mol. The Kier molecular flexibility index (Phi) is 4.27. The third-order valence-electron chi connectivity index (χ3n) is 2.11. The number of aryl methyl sites for hydroxylation is 2. The van der Waals surface area contributed by atoms with E-state index in [-0.39, 0.29) is 5.38 Å². The minimum absolute atomic E-state index is 0.195. The zero-order valence-electron chi connectivity index (χ0n) is 7.98. The predicted molar refractivity (Wildman–Crippen MR) is 63.1 cm³/mol. The summed E-state index contributed by atoms with van der Waals surface area (Å²) in [7, 11) is 0. The molecule has 13 heavy (non-hydrogen) atoms. The summed E-state index contributed by atoms with van der Waals surface area (Å²) >= 11 is 9.46. The summed E-state index contributed by atoms with van der Waals surface area (Å²) in [5.74, 6) is 0. The Morgan fingerprint density at radius 2 is 2.08 bits per heavy atom. The molecule has 0 saturated carbocycles. The molecule has 0 heterocycles. The van der Waals surface area contributed by atoms with Gasteiger partial charge in [-0.15, -0.1) is 11.6 Å². The van der Waals surface area contributed by atoms with Crippen molar-refractivity contribution in [2.75, 3.05) is 5.33 Å². The molecule has 0 amide bonds. The first-order valence-electron chi connectivity index (χ1n) is 4.39. The van der Waals surface area contributed by atoms with Gasteiger partial charge in [-0.2, -0.15) is 0 Å². The minimum Gasteiger partial charge on any atom is -0.122 e. The van der Waals surface area contributed by atoms with Crippen molar-refractivity contribution in [3.63, 3.8) is 0 Å². The third kappa shape index (κ3) is 3.32. The van der Waals surface area contributed by atoms with Crippen LogP contribution in [0.1, 0.15) is 16.7 Å². The highest BCUT2D eigenvalue weighted by atomic mass is 79.9. The molecule has 0 radical (unpaired) electrons. The molecule has 1 atom stereocenters. The normalized spacial score (nSPS) is 12.9. The Hall–Kier alpha value is -0.0100. The van der Waals surface area contributed by atoms with Crippen molar-refractivity contribution in [1.82, 2.24) is 0 Å². The Morgan fingerprint density at radius 3 is 2.69 bits per heavy atom. The van der Waals surface area contributed by atoms with E-state index in [4.69, 9.17) is 11.6 Å². The third-order valence-corrected chi connectivity index (χ3v) is 3.58. The fraction of sp³-hybridized carbons (Fsp3) is 0.455. The second-order valence-electron chi connectivity index (χ2n) is 3.39. The predicted octanol–water partition coefficient (Wildman–Crippen LogP) is 3.85. The second kappa shape index (κ2) is 5.02. The summed E-state index contributed by atoms with van der Waals surface area (Å²) < 4.78 is 0. The van der Waals surface area contributed by atoms with Crippen molar-refractivity contribution in [1.29, 1.82) is 0 Å². The van der Waals surface area contributed by atoms with Crippen LogP contribution >= 0.6 is 27.5 Å². The van der Waals surface area contributed by atoms with E-state index in [2.05, 4.69) is 48.0 Å². The largest absolute Gasteiger partial charge is 0.122 e. The van der Waals surface area contributed by atoms with Crippen LogP contribution in [-0.2, 0) is 6.42 Å². The molecule has 1 aromatic rings. The highest BCUT2D eigenvalue weighted by Gasteiger charge is 2.06. The first kappa shape index (κ1) is 11.1. The van der Waals surface area contributed by atoms with Crippen molar-refractivity contribution in [2.24, 2.45) is 0 Å². The van der Waals surface area contributed by atoms with E-state index in [9.17, 15) is 0 Å². The van der Waals surface area contributed by atoms with Crippen molar-refractivity contribution >= 4 is 27.5 Å². The summed E-state index contributed by atoms with van der Waals surface area (Å²) in [4.78, 5) is 0. The van der Waals surface area contributed by atoms with E-state index in [1.54, 1.807) is 0 Å².